The van der Waals surface area contributed by atoms with Gasteiger partial charge in [0.15, 0.2) is 0 Å². The van der Waals surface area contributed by atoms with Gasteiger partial charge in [-0.3, -0.25) is 0 Å². The van der Waals surface area contributed by atoms with Gasteiger partial charge in [-0.05, 0) is 63.4 Å². The molecule has 1 aliphatic rings. The van der Waals surface area contributed by atoms with Crippen molar-refractivity contribution in [3.05, 3.63) is 35.9 Å². The number of aromatic nitrogens is 2. The normalized spacial score (nSPS) is 17.9. The van der Waals surface area contributed by atoms with Crippen LogP contribution in [0.1, 0.15) is 38.1 Å². The quantitative estimate of drug-likeness (QED) is 0.939. The fraction of sp³-hybridized carbons (Fsp3) is 0.588. The van der Waals surface area contributed by atoms with Crippen LogP contribution in [0.25, 0.3) is 5.52 Å². The molecule has 0 bridgehead atoms. The van der Waals surface area contributed by atoms with Gasteiger partial charge >= 0.3 is 0 Å². The lowest BCUT2D eigenvalue weighted by Crippen LogP contribution is -2.38. The molecule has 0 saturated carbocycles. The number of pyridine rings is 1. The second-order valence-corrected chi connectivity index (χ2v) is 6.49. The Morgan fingerprint density at radius 2 is 2.10 bits per heavy atom. The second-order valence-electron chi connectivity index (χ2n) is 6.49. The van der Waals surface area contributed by atoms with E-state index in [1.807, 2.05) is 6.20 Å². The number of likely N-dealkylation sites (tertiary alicyclic amines) is 1. The van der Waals surface area contributed by atoms with Crippen LogP contribution in [-0.2, 0) is 13.0 Å². The van der Waals surface area contributed by atoms with Crippen LogP contribution in [0.4, 0.5) is 0 Å². The lowest BCUT2D eigenvalue weighted by molar-refractivity contribution is 0.148. The summed E-state index contributed by atoms with van der Waals surface area (Å²) >= 11 is 0. The number of hydrogen-bond acceptors (Lipinski definition) is 3. The van der Waals surface area contributed by atoms with E-state index in [0.29, 0.717) is 12.6 Å². The van der Waals surface area contributed by atoms with Gasteiger partial charge in [0.25, 0.3) is 0 Å². The molecule has 2 N–H and O–H groups in total. The Morgan fingerprint density at radius 3 is 2.76 bits per heavy atom. The minimum absolute atomic E-state index is 0.588. The van der Waals surface area contributed by atoms with Crippen LogP contribution < -0.4 is 5.73 Å². The van der Waals surface area contributed by atoms with Gasteiger partial charge < -0.3 is 15.0 Å². The number of nitrogens with two attached hydrogens (primary N) is 1. The summed E-state index contributed by atoms with van der Waals surface area (Å²) in [5.74, 6) is 1.95. The Labute approximate surface area is 127 Å². The molecule has 1 fully saturated rings. The zero-order valence-corrected chi connectivity index (χ0v) is 13.1. The minimum atomic E-state index is 0.588. The number of imidazole rings is 1. The fourth-order valence-electron chi connectivity index (χ4n) is 3.31. The van der Waals surface area contributed by atoms with Crippen molar-refractivity contribution in [2.45, 2.75) is 45.7 Å². The molecule has 1 aliphatic heterocycles. The predicted molar refractivity (Wildman–Crippen MR) is 86.2 cm³/mol. The molecule has 0 amide bonds. The average Bonchev–Trinajstić information content (AvgIpc) is 2.90. The van der Waals surface area contributed by atoms with Crippen molar-refractivity contribution in [3.8, 4) is 0 Å². The first kappa shape index (κ1) is 14.5. The number of fused-ring (bicyclic) bond motifs is 1. The molecule has 4 heteroatoms. The van der Waals surface area contributed by atoms with Gasteiger partial charge in [0.2, 0.25) is 0 Å². The summed E-state index contributed by atoms with van der Waals surface area (Å²) < 4.78 is 2.22. The van der Waals surface area contributed by atoms with E-state index in [4.69, 9.17) is 5.73 Å². The highest BCUT2D eigenvalue weighted by molar-refractivity contribution is 5.48. The van der Waals surface area contributed by atoms with Gasteiger partial charge in [0, 0.05) is 25.2 Å². The van der Waals surface area contributed by atoms with Crippen LogP contribution in [0.2, 0.25) is 0 Å². The maximum absolute atomic E-state index is 5.70. The first-order valence-electron chi connectivity index (χ1n) is 8.06. The topological polar surface area (TPSA) is 46.6 Å². The van der Waals surface area contributed by atoms with Crippen molar-refractivity contribution >= 4 is 5.52 Å². The number of nitrogens with zero attached hydrogens (tertiary/aromatic N) is 3. The summed E-state index contributed by atoms with van der Waals surface area (Å²) in [6.45, 7) is 7.62. The molecular formula is C17H26N4. The Hall–Kier alpha value is -1.39. The van der Waals surface area contributed by atoms with E-state index in [1.54, 1.807) is 0 Å². The lowest BCUT2D eigenvalue weighted by Gasteiger charge is -2.34. The van der Waals surface area contributed by atoms with Gasteiger partial charge in [0.05, 0.1) is 11.7 Å². The highest BCUT2D eigenvalue weighted by Gasteiger charge is 2.22. The molecule has 2 aromatic heterocycles. The van der Waals surface area contributed by atoms with E-state index in [1.165, 1.54) is 37.3 Å². The molecule has 0 aromatic carbocycles. The van der Waals surface area contributed by atoms with Crippen LogP contribution in [0.3, 0.4) is 0 Å². The standard InChI is InChI=1S/C17H26N4/c1-13(2)20-6-3-14(4-7-20)10-17-19-12-16-9-15(11-18)5-8-21(16)17/h5,8-9,12-14H,3-4,6-7,10-11,18H2,1-2H3. The largest absolute Gasteiger partial charge is 0.326 e. The molecule has 4 nitrogen and oxygen atoms in total. The Bertz CT molecular complexity index is 594. The zero-order valence-electron chi connectivity index (χ0n) is 13.1. The van der Waals surface area contributed by atoms with Crippen molar-refractivity contribution < 1.29 is 0 Å². The molecule has 1 saturated heterocycles. The van der Waals surface area contributed by atoms with Crippen molar-refractivity contribution in [3.63, 3.8) is 0 Å². The molecule has 3 rings (SSSR count). The van der Waals surface area contributed by atoms with Gasteiger partial charge in [0.1, 0.15) is 5.82 Å². The fourth-order valence-corrected chi connectivity index (χ4v) is 3.31. The third-order valence-electron chi connectivity index (χ3n) is 4.76. The van der Waals surface area contributed by atoms with Crippen LogP contribution in [-0.4, -0.2) is 33.4 Å². The molecule has 21 heavy (non-hydrogen) atoms. The minimum Gasteiger partial charge on any atom is -0.326 e. The van der Waals surface area contributed by atoms with E-state index in [2.05, 4.69) is 46.5 Å². The van der Waals surface area contributed by atoms with Crippen LogP contribution in [0, 0.1) is 5.92 Å². The van der Waals surface area contributed by atoms with Crippen molar-refractivity contribution in [2.75, 3.05) is 13.1 Å². The summed E-state index contributed by atoms with van der Waals surface area (Å²) in [6, 6.07) is 4.91. The Kier molecular flexibility index (Phi) is 4.27. The summed E-state index contributed by atoms with van der Waals surface area (Å²) in [6.07, 6.45) is 7.74. The zero-order chi connectivity index (χ0) is 14.8. The third-order valence-corrected chi connectivity index (χ3v) is 4.76. The highest BCUT2D eigenvalue weighted by Crippen LogP contribution is 2.23. The second kappa shape index (κ2) is 6.16. The molecule has 114 valence electrons. The van der Waals surface area contributed by atoms with E-state index in [9.17, 15) is 0 Å². The lowest BCUT2D eigenvalue weighted by atomic mass is 9.92. The summed E-state index contributed by atoms with van der Waals surface area (Å²) in [4.78, 5) is 7.20. The molecular weight excluding hydrogens is 260 g/mol. The molecule has 0 atom stereocenters. The van der Waals surface area contributed by atoms with Crippen LogP contribution in [0.15, 0.2) is 24.5 Å². The van der Waals surface area contributed by atoms with Gasteiger partial charge in [-0.1, -0.05) is 0 Å². The molecule has 3 heterocycles. The summed E-state index contributed by atoms with van der Waals surface area (Å²) in [7, 11) is 0. The van der Waals surface area contributed by atoms with Crippen LogP contribution >= 0.6 is 0 Å². The van der Waals surface area contributed by atoms with E-state index in [0.717, 1.165) is 17.9 Å². The Balaban J connectivity index is 1.68. The molecule has 0 aliphatic carbocycles. The maximum atomic E-state index is 5.70. The van der Waals surface area contributed by atoms with Crippen molar-refractivity contribution in [1.29, 1.82) is 0 Å². The van der Waals surface area contributed by atoms with Gasteiger partial charge in [-0.15, -0.1) is 0 Å². The van der Waals surface area contributed by atoms with Gasteiger partial charge in [-0.25, -0.2) is 4.98 Å². The summed E-state index contributed by atoms with van der Waals surface area (Å²) in [5, 5.41) is 0. The van der Waals surface area contributed by atoms with Crippen molar-refractivity contribution in [1.82, 2.24) is 14.3 Å². The number of hydrogen-bond donors (Lipinski definition) is 1. The number of rotatable bonds is 4. The SMILES string of the molecule is CC(C)N1CCC(Cc2ncc3cc(CN)ccn23)CC1. The smallest absolute Gasteiger partial charge is 0.113 e. The van der Waals surface area contributed by atoms with E-state index >= 15 is 0 Å². The van der Waals surface area contributed by atoms with Crippen LogP contribution in [0.5, 0.6) is 0 Å². The molecule has 0 spiro atoms. The van der Waals surface area contributed by atoms with E-state index < -0.39 is 0 Å². The average molecular weight is 286 g/mol. The third kappa shape index (κ3) is 3.11. The first-order valence-corrected chi connectivity index (χ1v) is 8.06. The molecule has 0 radical (unpaired) electrons. The Morgan fingerprint density at radius 1 is 1.33 bits per heavy atom. The first-order chi connectivity index (χ1) is 10.2. The predicted octanol–water partition coefficient (Wildman–Crippen LogP) is 2.46. The monoisotopic (exact) mass is 286 g/mol. The molecule has 0 unspecified atom stereocenters. The highest BCUT2D eigenvalue weighted by atomic mass is 15.1. The maximum Gasteiger partial charge on any atom is 0.113 e. The van der Waals surface area contributed by atoms with E-state index in [-0.39, 0.29) is 0 Å². The van der Waals surface area contributed by atoms with Crippen molar-refractivity contribution in [2.24, 2.45) is 11.7 Å². The molecule has 2 aromatic rings. The number of piperidine rings is 1. The van der Waals surface area contributed by atoms with Gasteiger partial charge in [-0.2, -0.15) is 0 Å². The summed E-state index contributed by atoms with van der Waals surface area (Å²) in [5.41, 5.74) is 8.03.